The second kappa shape index (κ2) is 49.4. The maximum absolute atomic E-state index is 12.7. The van der Waals surface area contributed by atoms with E-state index in [2.05, 4.69) is 13.8 Å². The van der Waals surface area contributed by atoms with Crippen molar-refractivity contribution in [3.05, 3.63) is 0 Å². The Bertz CT molecular complexity index is 984. The average molecular weight is 902 g/mol. The van der Waals surface area contributed by atoms with E-state index in [1.54, 1.807) is 0 Å². The van der Waals surface area contributed by atoms with Gasteiger partial charge in [0.25, 0.3) is 0 Å². The fourth-order valence-corrected chi connectivity index (χ4v) is 8.99. The van der Waals surface area contributed by atoms with Crippen LogP contribution in [-0.4, -0.2) is 49.3 Å². The molecule has 0 aliphatic carbocycles. The molecule has 0 aromatic carbocycles. The third-order valence-electron chi connectivity index (χ3n) is 12.2. The van der Waals surface area contributed by atoms with E-state index in [0.29, 0.717) is 6.42 Å². The molecule has 62 heavy (non-hydrogen) atoms. The molecule has 9 nitrogen and oxygen atoms in total. The first-order valence-corrected chi connectivity index (χ1v) is 28.5. The number of unbranched alkanes of at least 4 members (excludes halogenated alkanes) is 39. The minimum Gasteiger partial charge on any atom is -0.462 e. The molecule has 0 heterocycles. The van der Waals surface area contributed by atoms with Gasteiger partial charge in [0, 0.05) is 19.4 Å². The highest BCUT2D eigenvalue weighted by molar-refractivity contribution is 7.47. The standard InChI is InChI=1S/C52H104NO8P/c1-3-5-7-9-11-13-15-17-19-21-22-23-24-25-26-27-28-29-31-33-35-37-39-41-43-45-52(55)61-50(49-60-62(56,57)59-47-46-53)48-58-51(54)44-42-40-38-36-34-32-30-20-18-16-14-12-10-8-6-4-2/h50H,3-49,53H2,1-2H3,(H,56,57). The fraction of sp³-hybridized carbons (Fsp3) is 0.962. The Hall–Kier alpha value is -0.990. The van der Waals surface area contributed by atoms with Crippen molar-refractivity contribution in [2.75, 3.05) is 26.4 Å². The van der Waals surface area contributed by atoms with Crippen LogP contribution < -0.4 is 5.73 Å². The van der Waals surface area contributed by atoms with Gasteiger partial charge in [-0.2, -0.15) is 0 Å². The Morgan fingerprint density at radius 2 is 0.694 bits per heavy atom. The molecule has 0 radical (unpaired) electrons. The van der Waals surface area contributed by atoms with Gasteiger partial charge in [0.05, 0.1) is 13.2 Å². The summed E-state index contributed by atoms with van der Waals surface area (Å²) in [5, 5.41) is 0. The van der Waals surface area contributed by atoms with Gasteiger partial charge >= 0.3 is 19.8 Å². The monoisotopic (exact) mass is 902 g/mol. The number of hydrogen-bond acceptors (Lipinski definition) is 8. The maximum atomic E-state index is 12.7. The van der Waals surface area contributed by atoms with E-state index in [1.807, 2.05) is 0 Å². The van der Waals surface area contributed by atoms with E-state index in [-0.39, 0.29) is 38.6 Å². The highest BCUT2D eigenvalue weighted by Crippen LogP contribution is 2.43. The second-order valence-electron chi connectivity index (χ2n) is 18.5. The summed E-state index contributed by atoms with van der Waals surface area (Å²) >= 11 is 0. The molecule has 3 N–H and O–H groups in total. The summed E-state index contributed by atoms with van der Waals surface area (Å²) in [6.45, 7) is 3.81. The van der Waals surface area contributed by atoms with Crippen molar-refractivity contribution in [2.45, 2.75) is 296 Å². The van der Waals surface area contributed by atoms with Gasteiger partial charge < -0.3 is 20.1 Å². The number of nitrogens with two attached hydrogens (primary N) is 1. The molecule has 10 heteroatoms. The molecule has 0 aromatic rings. The summed E-state index contributed by atoms with van der Waals surface area (Å²) in [6.07, 6.45) is 52.9. The van der Waals surface area contributed by atoms with Crippen LogP contribution in [0.15, 0.2) is 0 Å². The SMILES string of the molecule is CCCCCCCCCCCCCCCCCCCCCCCCCCCC(=O)OC(COC(=O)CCCCCCCCCCCCCCCCCC)COP(=O)(O)OCCN. The number of carbonyl (C=O) groups is 2. The van der Waals surface area contributed by atoms with Crippen LogP contribution >= 0.6 is 7.82 Å². The van der Waals surface area contributed by atoms with Crippen LogP contribution in [0.1, 0.15) is 290 Å². The normalized spacial score (nSPS) is 13.0. The van der Waals surface area contributed by atoms with Crippen LogP contribution in [0.5, 0.6) is 0 Å². The molecule has 0 saturated heterocycles. The Labute approximate surface area is 384 Å². The zero-order valence-corrected chi connectivity index (χ0v) is 42.0. The van der Waals surface area contributed by atoms with Crippen molar-refractivity contribution in [2.24, 2.45) is 5.73 Å². The minimum absolute atomic E-state index is 0.0584. The fourth-order valence-electron chi connectivity index (χ4n) is 8.23. The predicted octanol–water partition coefficient (Wildman–Crippen LogP) is 16.3. The molecule has 0 bridgehead atoms. The number of carbonyl (C=O) groups excluding carboxylic acids is 2. The zero-order chi connectivity index (χ0) is 45.3. The van der Waals surface area contributed by atoms with Crippen LogP contribution in [0.2, 0.25) is 0 Å². The van der Waals surface area contributed by atoms with Crippen molar-refractivity contribution in [3.63, 3.8) is 0 Å². The van der Waals surface area contributed by atoms with Crippen molar-refractivity contribution in [1.29, 1.82) is 0 Å². The Kier molecular flexibility index (Phi) is 48.7. The van der Waals surface area contributed by atoms with Crippen molar-refractivity contribution in [3.8, 4) is 0 Å². The molecule has 2 unspecified atom stereocenters. The summed E-state index contributed by atoms with van der Waals surface area (Å²) in [5.41, 5.74) is 5.37. The molecule has 0 saturated carbocycles. The molecule has 0 aliphatic rings. The largest absolute Gasteiger partial charge is 0.472 e. The van der Waals surface area contributed by atoms with Crippen molar-refractivity contribution >= 4 is 19.8 Å². The molecule has 370 valence electrons. The molecule has 0 rings (SSSR count). The lowest BCUT2D eigenvalue weighted by molar-refractivity contribution is -0.161. The van der Waals surface area contributed by atoms with Gasteiger partial charge in [-0.1, -0.05) is 264 Å². The molecule has 0 spiro atoms. The molecular weight excluding hydrogens is 798 g/mol. The Morgan fingerprint density at radius 3 is 0.984 bits per heavy atom. The minimum atomic E-state index is -4.37. The van der Waals surface area contributed by atoms with Crippen LogP contribution in [0.25, 0.3) is 0 Å². The number of phosphoric ester groups is 1. The van der Waals surface area contributed by atoms with E-state index in [0.717, 1.165) is 32.1 Å². The molecule has 2 atom stereocenters. The van der Waals surface area contributed by atoms with Gasteiger partial charge in [0.2, 0.25) is 0 Å². The lowest BCUT2D eigenvalue weighted by Crippen LogP contribution is -2.29. The molecular formula is C52H104NO8P. The summed E-state index contributed by atoms with van der Waals surface area (Å²) in [4.78, 5) is 35.1. The molecule has 0 amide bonds. The van der Waals surface area contributed by atoms with E-state index in [9.17, 15) is 19.0 Å². The third kappa shape index (κ3) is 48.5. The summed E-state index contributed by atoms with van der Waals surface area (Å²) in [5.74, 6) is -0.805. The van der Waals surface area contributed by atoms with Gasteiger partial charge in [-0.3, -0.25) is 18.6 Å². The van der Waals surface area contributed by atoms with Gasteiger partial charge in [0.1, 0.15) is 6.61 Å². The highest BCUT2D eigenvalue weighted by atomic mass is 31.2. The first-order valence-electron chi connectivity index (χ1n) is 27.0. The molecule has 0 aromatic heterocycles. The highest BCUT2D eigenvalue weighted by Gasteiger charge is 2.26. The van der Waals surface area contributed by atoms with Crippen LogP contribution in [0.4, 0.5) is 0 Å². The van der Waals surface area contributed by atoms with Gasteiger partial charge in [-0.15, -0.1) is 0 Å². The summed E-state index contributed by atoms with van der Waals surface area (Å²) < 4.78 is 33.0. The number of ether oxygens (including phenoxy) is 2. The maximum Gasteiger partial charge on any atom is 0.472 e. The first kappa shape index (κ1) is 61.0. The smallest absolute Gasteiger partial charge is 0.462 e. The van der Waals surface area contributed by atoms with Crippen LogP contribution in [-0.2, 0) is 32.7 Å². The number of phosphoric acid groups is 1. The van der Waals surface area contributed by atoms with E-state index >= 15 is 0 Å². The predicted molar refractivity (Wildman–Crippen MR) is 262 cm³/mol. The van der Waals surface area contributed by atoms with Gasteiger partial charge in [-0.25, -0.2) is 4.57 Å². The Morgan fingerprint density at radius 1 is 0.419 bits per heavy atom. The lowest BCUT2D eigenvalue weighted by Gasteiger charge is -2.19. The number of esters is 2. The van der Waals surface area contributed by atoms with E-state index in [1.165, 1.54) is 225 Å². The van der Waals surface area contributed by atoms with E-state index < -0.39 is 26.5 Å². The average Bonchev–Trinajstić information content (AvgIpc) is 3.26. The number of rotatable bonds is 52. The second-order valence-corrected chi connectivity index (χ2v) is 19.9. The molecule has 0 aliphatic heterocycles. The first-order chi connectivity index (χ1) is 30.3. The summed E-state index contributed by atoms with van der Waals surface area (Å²) in [7, 11) is -4.37. The van der Waals surface area contributed by atoms with Gasteiger partial charge in [-0.05, 0) is 12.8 Å². The van der Waals surface area contributed by atoms with Crippen molar-refractivity contribution < 1.29 is 37.6 Å². The van der Waals surface area contributed by atoms with Crippen LogP contribution in [0, 0.1) is 0 Å². The topological polar surface area (TPSA) is 134 Å². The van der Waals surface area contributed by atoms with Crippen molar-refractivity contribution in [1.82, 2.24) is 0 Å². The molecule has 0 fully saturated rings. The number of hydrogen-bond donors (Lipinski definition) is 2. The van der Waals surface area contributed by atoms with Gasteiger partial charge in [0.15, 0.2) is 6.10 Å². The summed E-state index contributed by atoms with van der Waals surface area (Å²) in [6, 6.07) is 0. The van der Waals surface area contributed by atoms with E-state index in [4.69, 9.17) is 24.3 Å². The zero-order valence-electron chi connectivity index (χ0n) is 41.1. The third-order valence-corrected chi connectivity index (χ3v) is 13.2. The quantitative estimate of drug-likeness (QED) is 0.0347. The lowest BCUT2D eigenvalue weighted by atomic mass is 10.0. The Balaban J connectivity index is 3.92. The van der Waals surface area contributed by atoms with Crippen LogP contribution in [0.3, 0.4) is 0 Å².